The van der Waals surface area contributed by atoms with Crippen LogP contribution in [-0.4, -0.2) is 15.0 Å². The molecule has 44 heavy (non-hydrogen) atoms. The Kier molecular flexibility index (Phi) is 6.47. The van der Waals surface area contributed by atoms with E-state index in [1.165, 1.54) is 16.2 Å². The van der Waals surface area contributed by atoms with Gasteiger partial charge in [0.05, 0.1) is 0 Å². The van der Waals surface area contributed by atoms with Gasteiger partial charge in [-0.15, -0.1) is 0 Å². The van der Waals surface area contributed by atoms with E-state index >= 15 is 0 Å². The summed E-state index contributed by atoms with van der Waals surface area (Å²) in [4.78, 5) is 15.1. The first-order valence-electron chi connectivity index (χ1n) is 14.8. The molecule has 0 N–H and O–H groups in total. The molecule has 8 aromatic rings. The van der Waals surface area contributed by atoms with Crippen molar-refractivity contribution in [3.8, 4) is 56.4 Å². The Balaban J connectivity index is 1.33. The van der Waals surface area contributed by atoms with Crippen LogP contribution in [0.15, 0.2) is 164 Å². The Morgan fingerprint density at radius 2 is 0.818 bits per heavy atom. The van der Waals surface area contributed by atoms with Gasteiger partial charge in [0.1, 0.15) is 0 Å². The minimum atomic E-state index is 0.645. The number of aromatic nitrogens is 3. The molecule has 7 aromatic carbocycles. The average Bonchev–Trinajstić information content (AvgIpc) is 3.11. The normalized spacial score (nSPS) is 11.2. The molecule has 0 amide bonds. The van der Waals surface area contributed by atoms with Crippen molar-refractivity contribution in [3.05, 3.63) is 164 Å². The highest BCUT2D eigenvalue weighted by Crippen LogP contribution is 2.36. The van der Waals surface area contributed by atoms with Crippen molar-refractivity contribution in [1.29, 1.82) is 0 Å². The number of fused-ring (bicyclic) bond motifs is 2. The van der Waals surface area contributed by atoms with E-state index in [1.54, 1.807) is 0 Å². The van der Waals surface area contributed by atoms with E-state index in [2.05, 4.69) is 127 Å². The van der Waals surface area contributed by atoms with Gasteiger partial charge in [-0.1, -0.05) is 140 Å². The van der Waals surface area contributed by atoms with E-state index in [9.17, 15) is 0 Å². The molecule has 0 aliphatic rings. The lowest BCUT2D eigenvalue weighted by molar-refractivity contribution is 1.07. The fourth-order valence-corrected chi connectivity index (χ4v) is 5.85. The number of rotatable bonds is 5. The lowest BCUT2D eigenvalue weighted by Gasteiger charge is -2.13. The molecule has 1 heterocycles. The second-order valence-electron chi connectivity index (χ2n) is 10.9. The van der Waals surface area contributed by atoms with Gasteiger partial charge in [0, 0.05) is 16.7 Å². The van der Waals surface area contributed by atoms with Crippen LogP contribution in [0.2, 0.25) is 0 Å². The molecular weight excluding hydrogens is 534 g/mol. The van der Waals surface area contributed by atoms with Gasteiger partial charge >= 0.3 is 0 Å². The molecule has 0 unspecified atom stereocenters. The Hall–Kier alpha value is -5.93. The number of nitrogens with zero attached hydrogens (tertiary/aromatic N) is 3. The monoisotopic (exact) mass is 561 g/mol. The lowest BCUT2D eigenvalue weighted by atomic mass is 9.94. The Morgan fingerprint density at radius 3 is 1.59 bits per heavy atom. The predicted molar refractivity (Wildman–Crippen MR) is 182 cm³/mol. The molecular formula is C41H27N3. The summed E-state index contributed by atoms with van der Waals surface area (Å²) >= 11 is 0. The van der Waals surface area contributed by atoms with Gasteiger partial charge < -0.3 is 0 Å². The van der Waals surface area contributed by atoms with Crippen LogP contribution in [0.4, 0.5) is 0 Å². The van der Waals surface area contributed by atoms with Gasteiger partial charge in [0.2, 0.25) is 0 Å². The molecule has 1 aromatic heterocycles. The standard InChI is InChI=1S/C41H27N3/c1-3-12-28(13-4-1)32-19-11-20-35(25-32)40-42-39(30-15-5-2-6-16-30)43-41(44-40)36-26-33-18-9-10-21-37(33)38(27-36)34-23-22-29-14-7-8-17-31(29)24-34/h1-27H. The molecule has 0 aliphatic heterocycles. The molecule has 8 rings (SSSR count). The average molecular weight is 562 g/mol. The van der Waals surface area contributed by atoms with Crippen molar-refractivity contribution in [2.24, 2.45) is 0 Å². The van der Waals surface area contributed by atoms with Crippen LogP contribution in [0.5, 0.6) is 0 Å². The second-order valence-corrected chi connectivity index (χ2v) is 10.9. The lowest BCUT2D eigenvalue weighted by Crippen LogP contribution is -2.00. The fourth-order valence-electron chi connectivity index (χ4n) is 5.85. The summed E-state index contributed by atoms with van der Waals surface area (Å²) < 4.78 is 0. The molecule has 0 radical (unpaired) electrons. The summed E-state index contributed by atoms with van der Waals surface area (Å²) in [6, 6.07) is 57.0. The van der Waals surface area contributed by atoms with Crippen molar-refractivity contribution in [1.82, 2.24) is 15.0 Å². The van der Waals surface area contributed by atoms with Crippen LogP contribution in [0, 0.1) is 0 Å². The number of benzene rings is 7. The van der Waals surface area contributed by atoms with E-state index < -0.39 is 0 Å². The van der Waals surface area contributed by atoms with Crippen molar-refractivity contribution < 1.29 is 0 Å². The van der Waals surface area contributed by atoms with Crippen LogP contribution in [-0.2, 0) is 0 Å². The van der Waals surface area contributed by atoms with Gasteiger partial charge in [-0.25, -0.2) is 15.0 Å². The molecule has 0 saturated heterocycles. The highest BCUT2D eigenvalue weighted by atomic mass is 15.0. The van der Waals surface area contributed by atoms with Crippen molar-refractivity contribution in [2.75, 3.05) is 0 Å². The molecule has 0 bridgehead atoms. The zero-order valence-electron chi connectivity index (χ0n) is 23.9. The Bertz CT molecular complexity index is 2270. The molecule has 0 atom stereocenters. The summed E-state index contributed by atoms with van der Waals surface area (Å²) in [5.74, 6) is 1.94. The van der Waals surface area contributed by atoms with E-state index in [4.69, 9.17) is 15.0 Å². The van der Waals surface area contributed by atoms with E-state index in [0.29, 0.717) is 17.5 Å². The van der Waals surface area contributed by atoms with Crippen LogP contribution in [0.3, 0.4) is 0 Å². The highest BCUT2D eigenvalue weighted by molar-refractivity contribution is 6.01. The molecule has 0 spiro atoms. The summed E-state index contributed by atoms with van der Waals surface area (Å²) in [6.45, 7) is 0. The maximum Gasteiger partial charge on any atom is 0.164 e. The molecule has 3 heteroatoms. The molecule has 0 fully saturated rings. The number of hydrogen-bond acceptors (Lipinski definition) is 3. The quantitative estimate of drug-likeness (QED) is 0.210. The van der Waals surface area contributed by atoms with E-state index in [1.807, 2.05) is 36.4 Å². The second kappa shape index (κ2) is 11.0. The largest absolute Gasteiger partial charge is 0.208 e. The minimum Gasteiger partial charge on any atom is -0.208 e. The van der Waals surface area contributed by atoms with Crippen LogP contribution in [0.25, 0.3) is 78.0 Å². The van der Waals surface area contributed by atoms with Crippen molar-refractivity contribution >= 4 is 21.5 Å². The minimum absolute atomic E-state index is 0.645. The van der Waals surface area contributed by atoms with Crippen molar-refractivity contribution in [3.63, 3.8) is 0 Å². The maximum absolute atomic E-state index is 5.10. The summed E-state index contributed by atoms with van der Waals surface area (Å²) in [5, 5.41) is 4.78. The zero-order valence-corrected chi connectivity index (χ0v) is 23.9. The summed E-state index contributed by atoms with van der Waals surface area (Å²) in [5.41, 5.74) is 7.44. The third-order valence-corrected chi connectivity index (χ3v) is 8.08. The first-order valence-corrected chi connectivity index (χ1v) is 14.8. The van der Waals surface area contributed by atoms with Gasteiger partial charge in [0.25, 0.3) is 0 Å². The Morgan fingerprint density at radius 1 is 0.273 bits per heavy atom. The SMILES string of the molecule is c1ccc(-c2cccc(-c3nc(-c4ccccc4)nc(-c4cc(-c5ccc6ccccc6c5)c5ccccc5c4)n3)c2)cc1. The van der Waals surface area contributed by atoms with Crippen LogP contribution in [0.1, 0.15) is 0 Å². The van der Waals surface area contributed by atoms with E-state index in [-0.39, 0.29) is 0 Å². The molecule has 0 aliphatic carbocycles. The summed E-state index contributed by atoms with van der Waals surface area (Å²) in [6.07, 6.45) is 0. The topological polar surface area (TPSA) is 38.7 Å². The third kappa shape index (κ3) is 4.91. The Labute approximate surface area is 256 Å². The van der Waals surface area contributed by atoms with Gasteiger partial charge in [-0.3, -0.25) is 0 Å². The first kappa shape index (κ1) is 25.8. The highest BCUT2D eigenvalue weighted by Gasteiger charge is 2.15. The smallest absolute Gasteiger partial charge is 0.164 e. The van der Waals surface area contributed by atoms with Crippen LogP contribution >= 0.6 is 0 Å². The summed E-state index contributed by atoms with van der Waals surface area (Å²) in [7, 11) is 0. The van der Waals surface area contributed by atoms with Gasteiger partial charge in [-0.2, -0.15) is 0 Å². The molecule has 0 saturated carbocycles. The predicted octanol–water partition coefficient (Wildman–Crippen LogP) is 10.5. The van der Waals surface area contributed by atoms with Crippen LogP contribution < -0.4 is 0 Å². The zero-order chi connectivity index (χ0) is 29.3. The van der Waals surface area contributed by atoms with E-state index in [0.717, 1.165) is 44.3 Å². The first-order chi connectivity index (χ1) is 21.8. The van der Waals surface area contributed by atoms with Gasteiger partial charge in [0.15, 0.2) is 17.5 Å². The van der Waals surface area contributed by atoms with Gasteiger partial charge in [-0.05, 0) is 68.1 Å². The maximum atomic E-state index is 5.10. The van der Waals surface area contributed by atoms with Crippen molar-refractivity contribution in [2.45, 2.75) is 0 Å². The third-order valence-electron chi connectivity index (χ3n) is 8.08. The molecule has 3 nitrogen and oxygen atoms in total. The number of hydrogen-bond donors (Lipinski definition) is 0. The molecule has 206 valence electrons. The fraction of sp³-hybridized carbons (Fsp3) is 0.